The third kappa shape index (κ3) is 3.21. The summed E-state index contributed by atoms with van der Waals surface area (Å²) in [5, 5.41) is 8.70. The second kappa shape index (κ2) is 6.41. The minimum absolute atomic E-state index is 0.124. The van der Waals surface area contributed by atoms with Gasteiger partial charge in [0, 0.05) is 24.9 Å². The first-order valence-electron chi connectivity index (χ1n) is 6.25. The number of ether oxygens (including phenoxy) is 2. The number of carboxylic acids is 1. The highest BCUT2D eigenvalue weighted by Crippen LogP contribution is 2.42. The number of carbonyl (C=O) groups is 1. The van der Waals surface area contributed by atoms with E-state index in [-0.39, 0.29) is 28.6 Å². The van der Waals surface area contributed by atoms with E-state index in [1.807, 2.05) is 0 Å². The number of hydrogen-bond acceptors (Lipinski definition) is 4. The van der Waals surface area contributed by atoms with Gasteiger partial charge in [-0.05, 0) is 22.4 Å². The van der Waals surface area contributed by atoms with Crippen LogP contribution in [0.2, 0.25) is 0 Å². The molecule has 2 rings (SSSR count). The minimum atomic E-state index is -0.973. The molecule has 0 amide bonds. The van der Waals surface area contributed by atoms with Gasteiger partial charge in [-0.3, -0.25) is 4.79 Å². The zero-order chi connectivity index (χ0) is 14.7. The van der Waals surface area contributed by atoms with Gasteiger partial charge in [0.05, 0.1) is 23.2 Å². The van der Waals surface area contributed by atoms with Crippen LogP contribution in [0.3, 0.4) is 0 Å². The quantitative estimate of drug-likeness (QED) is 0.874. The van der Waals surface area contributed by atoms with E-state index in [0.717, 1.165) is 0 Å². The number of hydrogen-bond donors (Lipinski definition) is 2. The van der Waals surface area contributed by atoms with Gasteiger partial charge < -0.3 is 20.3 Å². The molecule has 0 aliphatic carbocycles. The van der Waals surface area contributed by atoms with Crippen LogP contribution < -0.4 is 15.2 Å². The van der Waals surface area contributed by atoms with E-state index in [2.05, 4.69) is 15.9 Å². The van der Waals surface area contributed by atoms with Gasteiger partial charge in [-0.25, -0.2) is 4.39 Å². The molecule has 0 radical (unpaired) electrons. The smallest absolute Gasteiger partial charge is 0.303 e. The van der Waals surface area contributed by atoms with E-state index >= 15 is 0 Å². The van der Waals surface area contributed by atoms with Crippen molar-refractivity contribution in [2.45, 2.75) is 25.3 Å². The molecule has 0 saturated carbocycles. The summed E-state index contributed by atoms with van der Waals surface area (Å²) in [7, 11) is 0. The minimum Gasteiger partial charge on any atom is -0.490 e. The Bertz CT molecular complexity index is 524. The Morgan fingerprint density at radius 1 is 1.50 bits per heavy atom. The first-order valence-corrected chi connectivity index (χ1v) is 7.05. The van der Waals surface area contributed by atoms with Crippen molar-refractivity contribution < 1.29 is 23.8 Å². The SMILES string of the molecule is NC(CCC(=O)O)c1c(F)c(Br)cc2c1OCCCO2. The Hall–Kier alpha value is -1.34. The van der Waals surface area contributed by atoms with E-state index in [9.17, 15) is 9.18 Å². The summed E-state index contributed by atoms with van der Waals surface area (Å²) in [4.78, 5) is 10.6. The van der Waals surface area contributed by atoms with Crippen LogP contribution in [-0.2, 0) is 4.79 Å². The van der Waals surface area contributed by atoms with Gasteiger partial charge >= 0.3 is 5.97 Å². The molecular weight excluding hydrogens is 333 g/mol. The highest BCUT2D eigenvalue weighted by molar-refractivity contribution is 9.10. The third-order valence-corrected chi connectivity index (χ3v) is 3.58. The lowest BCUT2D eigenvalue weighted by Crippen LogP contribution is -2.16. The highest BCUT2D eigenvalue weighted by atomic mass is 79.9. The number of rotatable bonds is 4. The molecule has 1 unspecified atom stereocenters. The van der Waals surface area contributed by atoms with Crippen molar-refractivity contribution in [3.63, 3.8) is 0 Å². The molecule has 1 aliphatic heterocycles. The van der Waals surface area contributed by atoms with Crippen molar-refractivity contribution in [3.8, 4) is 11.5 Å². The number of carboxylic acid groups (broad SMARTS) is 1. The van der Waals surface area contributed by atoms with Gasteiger partial charge in [-0.15, -0.1) is 0 Å². The first-order chi connectivity index (χ1) is 9.50. The molecule has 1 heterocycles. The number of nitrogens with two attached hydrogens (primary N) is 1. The lowest BCUT2D eigenvalue weighted by atomic mass is 10.0. The number of fused-ring (bicyclic) bond motifs is 1. The predicted octanol–water partition coefficient (Wildman–Crippen LogP) is 2.61. The molecular formula is C13H15BrFNO4. The fourth-order valence-corrected chi connectivity index (χ4v) is 2.45. The topological polar surface area (TPSA) is 81.8 Å². The van der Waals surface area contributed by atoms with Crippen LogP contribution in [0.5, 0.6) is 11.5 Å². The molecule has 20 heavy (non-hydrogen) atoms. The van der Waals surface area contributed by atoms with Gasteiger partial charge in [0.2, 0.25) is 0 Å². The van der Waals surface area contributed by atoms with Gasteiger partial charge in [0.1, 0.15) is 5.82 Å². The lowest BCUT2D eigenvalue weighted by Gasteiger charge is -2.19. The summed E-state index contributed by atoms with van der Waals surface area (Å²) in [6.45, 7) is 0.890. The lowest BCUT2D eigenvalue weighted by molar-refractivity contribution is -0.137. The third-order valence-electron chi connectivity index (χ3n) is 3.01. The Balaban J connectivity index is 2.39. The Kier molecular flexibility index (Phi) is 4.82. The van der Waals surface area contributed by atoms with Crippen molar-refractivity contribution >= 4 is 21.9 Å². The Morgan fingerprint density at radius 3 is 2.90 bits per heavy atom. The number of halogens is 2. The summed E-state index contributed by atoms with van der Waals surface area (Å²) < 4.78 is 25.5. The Morgan fingerprint density at radius 2 is 2.20 bits per heavy atom. The van der Waals surface area contributed by atoms with Gasteiger partial charge in [0.25, 0.3) is 0 Å². The molecule has 1 atom stereocenters. The molecule has 1 aliphatic rings. The van der Waals surface area contributed by atoms with Crippen molar-refractivity contribution in [1.29, 1.82) is 0 Å². The molecule has 1 aromatic rings. The van der Waals surface area contributed by atoms with Crippen LogP contribution in [0.15, 0.2) is 10.5 Å². The summed E-state index contributed by atoms with van der Waals surface area (Å²) in [5.74, 6) is -0.802. The molecule has 0 spiro atoms. The summed E-state index contributed by atoms with van der Waals surface area (Å²) in [5.41, 5.74) is 6.09. The van der Waals surface area contributed by atoms with E-state index in [1.165, 1.54) is 6.07 Å². The zero-order valence-electron chi connectivity index (χ0n) is 10.7. The molecule has 110 valence electrons. The number of benzene rings is 1. The fraction of sp³-hybridized carbons (Fsp3) is 0.462. The van der Waals surface area contributed by atoms with Crippen LogP contribution in [0.4, 0.5) is 4.39 Å². The van der Waals surface area contributed by atoms with Crippen LogP contribution in [0, 0.1) is 5.82 Å². The van der Waals surface area contributed by atoms with Crippen molar-refractivity contribution in [3.05, 3.63) is 21.9 Å². The molecule has 0 fully saturated rings. The van der Waals surface area contributed by atoms with Crippen LogP contribution in [0.25, 0.3) is 0 Å². The molecule has 7 heteroatoms. The summed E-state index contributed by atoms with van der Waals surface area (Å²) >= 11 is 3.12. The predicted molar refractivity (Wildman–Crippen MR) is 73.5 cm³/mol. The van der Waals surface area contributed by atoms with Gasteiger partial charge in [0.15, 0.2) is 11.5 Å². The Labute approximate surface area is 124 Å². The van der Waals surface area contributed by atoms with E-state index in [0.29, 0.717) is 25.4 Å². The summed E-state index contributed by atoms with van der Waals surface area (Å²) in [6, 6.07) is 0.739. The molecule has 3 N–H and O–H groups in total. The van der Waals surface area contributed by atoms with Gasteiger partial charge in [-0.1, -0.05) is 0 Å². The second-order valence-corrected chi connectivity index (χ2v) is 5.36. The normalized spacial score (nSPS) is 15.6. The van der Waals surface area contributed by atoms with Crippen LogP contribution in [0.1, 0.15) is 30.9 Å². The van der Waals surface area contributed by atoms with Crippen molar-refractivity contribution in [1.82, 2.24) is 0 Å². The number of aliphatic carboxylic acids is 1. The van der Waals surface area contributed by atoms with E-state index in [1.54, 1.807) is 0 Å². The summed E-state index contributed by atoms with van der Waals surface area (Å²) in [6.07, 6.45) is 0.680. The monoisotopic (exact) mass is 347 g/mol. The van der Waals surface area contributed by atoms with E-state index in [4.69, 9.17) is 20.3 Å². The largest absolute Gasteiger partial charge is 0.490 e. The maximum Gasteiger partial charge on any atom is 0.303 e. The average Bonchev–Trinajstić information content (AvgIpc) is 2.62. The van der Waals surface area contributed by atoms with E-state index < -0.39 is 17.8 Å². The maximum atomic E-state index is 14.3. The van der Waals surface area contributed by atoms with Crippen LogP contribution >= 0.6 is 15.9 Å². The molecule has 0 saturated heterocycles. The fourth-order valence-electron chi connectivity index (χ4n) is 2.03. The second-order valence-electron chi connectivity index (χ2n) is 4.50. The molecule has 0 bridgehead atoms. The zero-order valence-corrected chi connectivity index (χ0v) is 12.3. The average molecular weight is 348 g/mol. The first kappa shape index (κ1) is 15.1. The maximum absolute atomic E-state index is 14.3. The standard InChI is InChI=1S/C13H15BrFNO4/c14-7-6-9-13(20-5-1-4-19-9)11(12(7)15)8(16)2-3-10(17)18/h6,8H,1-5,16H2,(H,17,18). The van der Waals surface area contributed by atoms with Crippen molar-refractivity contribution in [2.75, 3.05) is 13.2 Å². The van der Waals surface area contributed by atoms with Gasteiger partial charge in [-0.2, -0.15) is 0 Å². The molecule has 0 aromatic heterocycles. The highest BCUT2D eigenvalue weighted by Gasteiger charge is 2.26. The molecule has 5 nitrogen and oxygen atoms in total. The van der Waals surface area contributed by atoms with Crippen LogP contribution in [-0.4, -0.2) is 24.3 Å². The molecule has 1 aromatic carbocycles. The van der Waals surface area contributed by atoms with Crippen molar-refractivity contribution in [2.24, 2.45) is 5.73 Å².